The molecule has 0 fully saturated rings. The number of halogens is 2. The van der Waals surface area contributed by atoms with E-state index >= 15 is 0 Å². The van der Waals surface area contributed by atoms with Crippen LogP contribution in [0.5, 0.6) is 0 Å². The first-order valence-corrected chi connectivity index (χ1v) is 5.42. The molecule has 0 saturated carbocycles. The molecule has 13 heavy (non-hydrogen) atoms. The first kappa shape index (κ1) is 9.21. The summed E-state index contributed by atoms with van der Waals surface area (Å²) >= 11 is 5.27. The first-order chi connectivity index (χ1) is 6.18. The first-order valence-electron chi connectivity index (χ1n) is 3.55. The molecule has 0 N–H and O–H groups in total. The Morgan fingerprint density at radius 2 is 2.15 bits per heavy atom. The van der Waals surface area contributed by atoms with Crippen LogP contribution in [-0.2, 0) is 0 Å². The highest BCUT2D eigenvalue weighted by Gasteiger charge is 2.03. The van der Waals surface area contributed by atoms with Crippen LogP contribution in [0.1, 0.15) is 0 Å². The third kappa shape index (κ3) is 1.65. The third-order valence-electron chi connectivity index (χ3n) is 1.69. The second-order valence-electron chi connectivity index (χ2n) is 2.55. The van der Waals surface area contributed by atoms with Crippen molar-refractivity contribution in [2.45, 2.75) is 0 Å². The molecule has 0 unspecified atom stereocenters. The fourth-order valence-electron chi connectivity index (χ4n) is 1.08. The lowest BCUT2D eigenvalue weighted by molar-refractivity contribution is 0.598. The maximum absolute atomic E-state index is 11.6. The van der Waals surface area contributed by atoms with Crippen LogP contribution in [0, 0.1) is 3.57 Å². The van der Waals surface area contributed by atoms with Crippen molar-refractivity contribution < 1.29 is 4.42 Å². The second kappa shape index (κ2) is 3.42. The van der Waals surface area contributed by atoms with Crippen LogP contribution in [0.3, 0.4) is 0 Å². The SMILES string of the molecule is O=c1c(I)coc2cc(Br)ccc12. The van der Waals surface area contributed by atoms with E-state index in [4.69, 9.17) is 4.42 Å². The largest absolute Gasteiger partial charge is 0.463 e. The van der Waals surface area contributed by atoms with Gasteiger partial charge in [-0.05, 0) is 40.8 Å². The van der Waals surface area contributed by atoms with E-state index in [1.807, 2.05) is 28.7 Å². The van der Waals surface area contributed by atoms with E-state index in [0.717, 1.165) is 4.47 Å². The molecule has 2 aromatic rings. The summed E-state index contributed by atoms with van der Waals surface area (Å²) < 4.78 is 6.78. The van der Waals surface area contributed by atoms with E-state index in [1.165, 1.54) is 6.26 Å². The Morgan fingerprint density at radius 1 is 1.38 bits per heavy atom. The number of rotatable bonds is 0. The van der Waals surface area contributed by atoms with Crippen LogP contribution in [0.15, 0.2) is 38.1 Å². The monoisotopic (exact) mass is 350 g/mol. The van der Waals surface area contributed by atoms with Crippen molar-refractivity contribution in [2.75, 3.05) is 0 Å². The van der Waals surface area contributed by atoms with Gasteiger partial charge in [0.2, 0.25) is 5.43 Å². The van der Waals surface area contributed by atoms with Gasteiger partial charge in [0, 0.05) is 4.47 Å². The molecule has 0 aliphatic heterocycles. The summed E-state index contributed by atoms with van der Waals surface area (Å²) in [5.74, 6) is 0. The molecule has 66 valence electrons. The van der Waals surface area contributed by atoms with Crippen molar-refractivity contribution in [1.82, 2.24) is 0 Å². The summed E-state index contributed by atoms with van der Waals surface area (Å²) in [5.41, 5.74) is 0.633. The average Bonchev–Trinajstić information content (AvgIpc) is 2.12. The summed E-state index contributed by atoms with van der Waals surface area (Å²) in [6.07, 6.45) is 1.47. The lowest BCUT2D eigenvalue weighted by atomic mass is 10.2. The Hall–Kier alpha value is -0.360. The van der Waals surface area contributed by atoms with Gasteiger partial charge in [0.15, 0.2) is 0 Å². The summed E-state index contributed by atoms with van der Waals surface area (Å²) in [6, 6.07) is 5.37. The highest BCUT2D eigenvalue weighted by molar-refractivity contribution is 14.1. The van der Waals surface area contributed by atoms with Crippen LogP contribution in [-0.4, -0.2) is 0 Å². The van der Waals surface area contributed by atoms with Crippen LogP contribution < -0.4 is 5.43 Å². The molecular weight excluding hydrogens is 347 g/mol. The minimum Gasteiger partial charge on any atom is -0.463 e. The molecule has 2 rings (SSSR count). The van der Waals surface area contributed by atoms with Crippen LogP contribution in [0.2, 0.25) is 0 Å². The molecule has 4 heteroatoms. The fourth-order valence-corrected chi connectivity index (χ4v) is 1.84. The molecule has 2 nitrogen and oxygen atoms in total. The van der Waals surface area contributed by atoms with Gasteiger partial charge >= 0.3 is 0 Å². The Morgan fingerprint density at radius 3 is 2.92 bits per heavy atom. The standard InChI is InChI=1S/C9H4BrIO2/c10-5-1-2-6-8(3-5)13-4-7(11)9(6)12/h1-4H. The number of benzene rings is 1. The van der Waals surface area contributed by atoms with Crippen molar-refractivity contribution >= 4 is 49.5 Å². The van der Waals surface area contributed by atoms with Gasteiger partial charge in [-0.3, -0.25) is 4.79 Å². The van der Waals surface area contributed by atoms with Crippen molar-refractivity contribution in [3.8, 4) is 0 Å². The lowest BCUT2D eigenvalue weighted by Gasteiger charge is -1.96. The minimum absolute atomic E-state index is 0.0225. The van der Waals surface area contributed by atoms with Crippen LogP contribution >= 0.6 is 38.5 Å². The van der Waals surface area contributed by atoms with E-state index in [9.17, 15) is 4.79 Å². The Bertz CT molecular complexity index is 518. The molecule has 0 aliphatic rings. The molecule has 0 spiro atoms. The fraction of sp³-hybridized carbons (Fsp3) is 0. The lowest BCUT2D eigenvalue weighted by Crippen LogP contribution is -2.03. The predicted octanol–water partition coefficient (Wildman–Crippen LogP) is 3.16. The molecule has 0 atom stereocenters. The van der Waals surface area contributed by atoms with E-state index in [-0.39, 0.29) is 5.43 Å². The quantitative estimate of drug-likeness (QED) is 0.683. The number of fused-ring (bicyclic) bond motifs is 1. The van der Waals surface area contributed by atoms with Crippen molar-refractivity contribution in [1.29, 1.82) is 0 Å². The third-order valence-corrected chi connectivity index (χ3v) is 2.93. The average molecular weight is 351 g/mol. The highest BCUT2D eigenvalue weighted by atomic mass is 127. The van der Waals surface area contributed by atoms with Crippen LogP contribution in [0.4, 0.5) is 0 Å². The molecular formula is C9H4BrIO2. The molecule has 1 heterocycles. The maximum atomic E-state index is 11.6. The predicted molar refractivity (Wildman–Crippen MR) is 62.9 cm³/mol. The zero-order valence-electron chi connectivity index (χ0n) is 6.38. The topological polar surface area (TPSA) is 30.2 Å². The summed E-state index contributed by atoms with van der Waals surface area (Å²) in [6.45, 7) is 0. The van der Waals surface area contributed by atoms with Crippen LogP contribution in [0.25, 0.3) is 11.0 Å². The highest BCUT2D eigenvalue weighted by Crippen LogP contribution is 2.17. The van der Waals surface area contributed by atoms with Crippen molar-refractivity contribution in [3.63, 3.8) is 0 Å². The Labute approximate surface area is 96.2 Å². The summed E-state index contributed by atoms with van der Waals surface area (Å²) in [5, 5.41) is 0.620. The zero-order chi connectivity index (χ0) is 9.42. The van der Waals surface area contributed by atoms with Crippen molar-refractivity contribution in [2.24, 2.45) is 0 Å². The van der Waals surface area contributed by atoms with E-state index in [0.29, 0.717) is 14.5 Å². The normalized spacial score (nSPS) is 10.6. The van der Waals surface area contributed by atoms with Gasteiger partial charge in [-0.1, -0.05) is 15.9 Å². The minimum atomic E-state index is 0.0225. The summed E-state index contributed by atoms with van der Waals surface area (Å²) in [4.78, 5) is 11.6. The molecule has 1 aromatic heterocycles. The molecule has 0 amide bonds. The van der Waals surface area contributed by atoms with Gasteiger partial charge in [-0.15, -0.1) is 0 Å². The van der Waals surface area contributed by atoms with E-state index in [2.05, 4.69) is 15.9 Å². The molecule has 0 saturated heterocycles. The molecule has 1 aromatic carbocycles. The van der Waals surface area contributed by atoms with Gasteiger partial charge in [-0.25, -0.2) is 0 Å². The Balaban J connectivity index is 2.95. The Kier molecular flexibility index (Phi) is 2.42. The smallest absolute Gasteiger partial charge is 0.205 e. The molecule has 0 radical (unpaired) electrons. The van der Waals surface area contributed by atoms with E-state index in [1.54, 1.807) is 12.1 Å². The number of hydrogen-bond donors (Lipinski definition) is 0. The van der Waals surface area contributed by atoms with Gasteiger partial charge in [0.1, 0.15) is 11.8 Å². The van der Waals surface area contributed by atoms with Gasteiger partial charge in [-0.2, -0.15) is 0 Å². The van der Waals surface area contributed by atoms with Gasteiger partial charge in [0.25, 0.3) is 0 Å². The second-order valence-corrected chi connectivity index (χ2v) is 4.63. The maximum Gasteiger partial charge on any atom is 0.205 e. The summed E-state index contributed by atoms with van der Waals surface area (Å²) in [7, 11) is 0. The molecule has 0 aliphatic carbocycles. The molecule has 0 bridgehead atoms. The number of hydrogen-bond acceptors (Lipinski definition) is 2. The van der Waals surface area contributed by atoms with Gasteiger partial charge < -0.3 is 4.42 Å². The van der Waals surface area contributed by atoms with E-state index < -0.39 is 0 Å². The zero-order valence-corrected chi connectivity index (χ0v) is 10.1. The van der Waals surface area contributed by atoms with Gasteiger partial charge in [0.05, 0.1) is 8.96 Å². The van der Waals surface area contributed by atoms with Crippen molar-refractivity contribution in [3.05, 3.63) is 42.7 Å².